The molecule has 0 N–H and O–H groups in total. The predicted octanol–water partition coefficient (Wildman–Crippen LogP) is 3.25. The van der Waals surface area contributed by atoms with E-state index in [2.05, 4.69) is 20.7 Å². The van der Waals surface area contributed by atoms with Gasteiger partial charge in [0.1, 0.15) is 0 Å². The van der Waals surface area contributed by atoms with E-state index in [0.29, 0.717) is 22.4 Å². The molecule has 0 atom stereocenters. The molecule has 5 nitrogen and oxygen atoms in total. The van der Waals surface area contributed by atoms with Gasteiger partial charge in [0, 0.05) is 6.07 Å². The lowest BCUT2D eigenvalue weighted by atomic mass is 10.2. The highest BCUT2D eigenvalue weighted by Crippen LogP contribution is 2.37. The summed E-state index contributed by atoms with van der Waals surface area (Å²) in [6.45, 7) is 4.08. The van der Waals surface area contributed by atoms with Crippen molar-refractivity contribution in [3.63, 3.8) is 0 Å². The summed E-state index contributed by atoms with van der Waals surface area (Å²) in [5.74, 6) is 0.519. The van der Waals surface area contributed by atoms with Crippen molar-refractivity contribution in [2.24, 2.45) is 0 Å². The number of hydrogen-bond acceptors (Lipinski definition) is 5. The molecule has 0 heterocycles. The summed E-state index contributed by atoms with van der Waals surface area (Å²) in [6.07, 6.45) is -0.816. The summed E-state index contributed by atoms with van der Waals surface area (Å²) in [5, 5.41) is 8.85. The van der Waals surface area contributed by atoms with E-state index in [1.165, 1.54) is 12.1 Å². The molecule has 96 valence electrons. The number of rotatable bonds is 4. The molecule has 1 rings (SSSR count). The number of nitriles is 1. The van der Waals surface area contributed by atoms with Gasteiger partial charge in [-0.05, 0) is 35.8 Å². The van der Waals surface area contributed by atoms with Gasteiger partial charge in [-0.2, -0.15) is 5.26 Å². The highest BCUT2D eigenvalue weighted by Gasteiger charge is 2.16. The summed E-state index contributed by atoms with van der Waals surface area (Å²) in [5.41, 5.74) is 0.404. The summed E-state index contributed by atoms with van der Waals surface area (Å²) in [4.78, 5) is 11.3. The topological polar surface area (TPSA) is 68.5 Å². The maximum absolute atomic E-state index is 11.3. The lowest BCUT2D eigenvalue weighted by Gasteiger charge is -2.12. The van der Waals surface area contributed by atoms with Crippen LogP contribution in [0.1, 0.15) is 19.4 Å². The highest BCUT2D eigenvalue weighted by molar-refractivity contribution is 9.10. The molecule has 0 amide bonds. The Hall–Kier alpha value is -1.74. The third kappa shape index (κ3) is 3.64. The van der Waals surface area contributed by atoms with Gasteiger partial charge in [-0.15, -0.1) is 0 Å². The molecule has 0 saturated carbocycles. The van der Waals surface area contributed by atoms with Crippen molar-refractivity contribution in [1.29, 1.82) is 5.26 Å². The largest absolute Gasteiger partial charge is 0.514 e. The first kappa shape index (κ1) is 14.3. The molecule has 0 saturated heterocycles. The van der Waals surface area contributed by atoms with Crippen molar-refractivity contribution >= 4 is 22.1 Å². The van der Waals surface area contributed by atoms with Gasteiger partial charge in [0.05, 0.1) is 29.3 Å². The molecule has 0 bridgehead atoms. The van der Waals surface area contributed by atoms with E-state index in [0.717, 1.165) is 0 Å². The van der Waals surface area contributed by atoms with Crippen LogP contribution in [0, 0.1) is 11.3 Å². The summed E-state index contributed by atoms with van der Waals surface area (Å²) < 4.78 is 15.5. The Kier molecular flexibility index (Phi) is 5.46. The maximum atomic E-state index is 11.3. The molecule has 0 aliphatic heterocycles. The fraction of sp³-hybridized carbons (Fsp3) is 0.333. The van der Waals surface area contributed by atoms with Gasteiger partial charge in [0.2, 0.25) is 0 Å². The minimum absolute atomic E-state index is 0.203. The Morgan fingerprint density at radius 1 is 1.39 bits per heavy atom. The molecule has 0 unspecified atom stereocenters. The zero-order valence-electron chi connectivity index (χ0n) is 10.0. The minimum Gasteiger partial charge on any atom is -0.490 e. The van der Waals surface area contributed by atoms with E-state index in [9.17, 15) is 4.79 Å². The average molecular weight is 314 g/mol. The smallest absolute Gasteiger partial charge is 0.490 e. The Morgan fingerprint density at radius 3 is 2.67 bits per heavy atom. The lowest BCUT2D eigenvalue weighted by molar-refractivity contribution is 0.102. The number of carbonyl (C=O) groups is 1. The second kappa shape index (κ2) is 6.87. The standard InChI is InChI=1S/C12H12BrNO4/c1-3-16-10-6-8(7-14)5-9(13)11(10)18-12(15)17-4-2/h5-6H,3-4H2,1-2H3. The minimum atomic E-state index is -0.816. The quantitative estimate of drug-likeness (QED) is 0.630. The fourth-order valence-corrected chi connectivity index (χ4v) is 1.75. The first-order valence-corrected chi connectivity index (χ1v) is 6.12. The van der Waals surface area contributed by atoms with Crippen LogP contribution in [-0.2, 0) is 4.74 Å². The number of nitrogens with zero attached hydrogens (tertiary/aromatic N) is 1. The van der Waals surface area contributed by atoms with Gasteiger partial charge in [-0.3, -0.25) is 0 Å². The monoisotopic (exact) mass is 313 g/mol. The Bertz CT molecular complexity index is 482. The number of halogens is 1. The van der Waals surface area contributed by atoms with Crippen LogP contribution in [-0.4, -0.2) is 19.4 Å². The third-order valence-electron chi connectivity index (χ3n) is 1.89. The summed E-state index contributed by atoms with van der Waals surface area (Å²) in [6, 6.07) is 5.03. The molecule has 0 aliphatic carbocycles. The Morgan fingerprint density at radius 2 is 2.11 bits per heavy atom. The van der Waals surface area contributed by atoms with Crippen molar-refractivity contribution < 1.29 is 19.0 Å². The van der Waals surface area contributed by atoms with Gasteiger partial charge in [-0.25, -0.2) is 4.79 Å². The summed E-state index contributed by atoms with van der Waals surface area (Å²) in [7, 11) is 0. The van der Waals surface area contributed by atoms with E-state index < -0.39 is 6.16 Å². The molecule has 1 aromatic carbocycles. The first-order chi connectivity index (χ1) is 8.62. The molecule has 0 fully saturated rings. The Balaban J connectivity index is 3.08. The van der Waals surface area contributed by atoms with Crippen LogP contribution in [0.5, 0.6) is 11.5 Å². The number of ether oxygens (including phenoxy) is 3. The van der Waals surface area contributed by atoms with Gasteiger partial charge in [-0.1, -0.05) is 0 Å². The number of hydrogen-bond donors (Lipinski definition) is 0. The van der Waals surface area contributed by atoms with Crippen LogP contribution in [0.25, 0.3) is 0 Å². The van der Waals surface area contributed by atoms with Gasteiger partial charge in [0.25, 0.3) is 0 Å². The van der Waals surface area contributed by atoms with Gasteiger partial charge >= 0.3 is 6.16 Å². The highest BCUT2D eigenvalue weighted by atomic mass is 79.9. The fourth-order valence-electron chi connectivity index (χ4n) is 1.23. The zero-order chi connectivity index (χ0) is 13.5. The second-order valence-electron chi connectivity index (χ2n) is 3.12. The summed E-state index contributed by atoms with van der Waals surface area (Å²) >= 11 is 3.22. The normalized spacial score (nSPS) is 9.44. The van der Waals surface area contributed by atoms with Crippen LogP contribution in [0.3, 0.4) is 0 Å². The van der Waals surface area contributed by atoms with E-state index in [1.807, 2.05) is 6.07 Å². The zero-order valence-corrected chi connectivity index (χ0v) is 11.6. The third-order valence-corrected chi connectivity index (χ3v) is 2.48. The van der Waals surface area contributed by atoms with E-state index in [4.69, 9.17) is 14.7 Å². The SMILES string of the molecule is CCOC(=O)Oc1c(Br)cc(C#N)cc1OCC. The molecule has 0 radical (unpaired) electrons. The average Bonchev–Trinajstić information content (AvgIpc) is 2.33. The lowest BCUT2D eigenvalue weighted by Crippen LogP contribution is -2.11. The van der Waals surface area contributed by atoms with Crippen molar-refractivity contribution in [2.45, 2.75) is 13.8 Å². The van der Waals surface area contributed by atoms with Crippen LogP contribution in [0.4, 0.5) is 4.79 Å². The van der Waals surface area contributed by atoms with Gasteiger partial charge < -0.3 is 14.2 Å². The molecular formula is C12H12BrNO4. The molecule has 1 aromatic rings. The number of benzene rings is 1. The van der Waals surface area contributed by atoms with E-state index in [1.54, 1.807) is 13.8 Å². The van der Waals surface area contributed by atoms with Crippen LogP contribution < -0.4 is 9.47 Å². The molecular weight excluding hydrogens is 302 g/mol. The number of carbonyl (C=O) groups excluding carboxylic acids is 1. The van der Waals surface area contributed by atoms with Crippen molar-refractivity contribution in [2.75, 3.05) is 13.2 Å². The predicted molar refractivity (Wildman–Crippen MR) is 67.7 cm³/mol. The molecule has 0 aliphatic rings. The van der Waals surface area contributed by atoms with Crippen molar-refractivity contribution in [3.8, 4) is 17.6 Å². The van der Waals surface area contributed by atoms with Gasteiger partial charge in [0.15, 0.2) is 11.5 Å². The first-order valence-electron chi connectivity index (χ1n) is 5.33. The van der Waals surface area contributed by atoms with E-state index in [-0.39, 0.29) is 12.4 Å². The molecule has 6 heteroatoms. The van der Waals surface area contributed by atoms with Crippen LogP contribution in [0.15, 0.2) is 16.6 Å². The maximum Gasteiger partial charge on any atom is 0.514 e. The molecule has 0 aromatic heterocycles. The molecule has 0 spiro atoms. The van der Waals surface area contributed by atoms with Crippen molar-refractivity contribution in [3.05, 3.63) is 22.2 Å². The molecule has 18 heavy (non-hydrogen) atoms. The van der Waals surface area contributed by atoms with Crippen molar-refractivity contribution in [1.82, 2.24) is 0 Å². The van der Waals surface area contributed by atoms with Crippen LogP contribution >= 0.6 is 15.9 Å². The second-order valence-corrected chi connectivity index (χ2v) is 3.97. The van der Waals surface area contributed by atoms with E-state index >= 15 is 0 Å². The van der Waals surface area contributed by atoms with Crippen LogP contribution in [0.2, 0.25) is 0 Å². The Labute approximate surface area is 113 Å².